The van der Waals surface area contributed by atoms with Crippen molar-refractivity contribution in [1.29, 1.82) is 0 Å². The SMILES string of the molecule is O=C(COCC1CN(S(=O)(=O)c2ccc(Cl)c(COC3(c4cnccc4-c4ccccc4OC4CC4)CC3)c2)C1)NC[C@H](O)[C@@H](O)[C@H](O)[C@H](O)CO. The van der Waals surface area contributed by atoms with E-state index in [1.165, 1.54) is 10.4 Å². The summed E-state index contributed by atoms with van der Waals surface area (Å²) in [5, 5.41) is 50.4. The molecule has 0 spiro atoms. The summed E-state index contributed by atoms with van der Waals surface area (Å²) in [4.78, 5) is 16.6. The molecule has 1 amide bonds. The summed E-state index contributed by atoms with van der Waals surface area (Å²) in [6, 6.07) is 14.5. The summed E-state index contributed by atoms with van der Waals surface area (Å²) in [5.74, 6) is 0.0654. The Kier molecular flexibility index (Phi) is 12.2. The van der Waals surface area contributed by atoms with Crippen molar-refractivity contribution in [3.63, 3.8) is 0 Å². The van der Waals surface area contributed by atoms with Gasteiger partial charge in [-0.15, -0.1) is 0 Å². The third-order valence-corrected chi connectivity index (χ3v) is 11.7. The van der Waals surface area contributed by atoms with Crippen LogP contribution in [0.2, 0.25) is 5.02 Å². The second kappa shape index (κ2) is 16.4. The number of aliphatic hydroxyl groups excluding tert-OH is 5. The van der Waals surface area contributed by atoms with Crippen molar-refractivity contribution in [2.24, 2.45) is 5.92 Å². The molecule has 282 valence electrons. The normalized spacial score (nSPS) is 19.7. The summed E-state index contributed by atoms with van der Waals surface area (Å²) < 4.78 is 46.5. The van der Waals surface area contributed by atoms with Gasteiger partial charge in [0.05, 0.1) is 42.5 Å². The number of aliphatic hydroxyl groups is 5. The van der Waals surface area contributed by atoms with Crippen molar-refractivity contribution in [3.8, 4) is 16.9 Å². The fourth-order valence-electron chi connectivity index (χ4n) is 6.04. The number of benzene rings is 2. The Labute approximate surface area is 307 Å². The lowest BCUT2D eigenvalue weighted by Crippen LogP contribution is -2.52. The maximum atomic E-state index is 13.5. The number of nitrogens with zero attached hydrogens (tertiary/aromatic N) is 2. The smallest absolute Gasteiger partial charge is 0.246 e. The lowest BCUT2D eigenvalue weighted by molar-refractivity contribution is -0.130. The zero-order valence-corrected chi connectivity index (χ0v) is 30.0. The number of pyridine rings is 1. The van der Waals surface area contributed by atoms with Crippen LogP contribution in [0.3, 0.4) is 0 Å². The number of sulfonamides is 1. The lowest BCUT2D eigenvalue weighted by atomic mass is 9.96. The van der Waals surface area contributed by atoms with Gasteiger partial charge in [-0.1, -0.05) is 29.8 Å². The number of carbonyl (C=O) groups is 1. The van der Waals surface area contributed by atoms with E-state index in [-0.39, 0.29) is 49.8 Å². The molecule has 1 aromatic heterocycles. The van der Waals surface area contributed by atoms with Gasteiger partial charge in [0.25, 0.3) is 0 Å². The molecule has 2 saturated carbocycles. The molecule has 0 bridgehead atoms. The van der Waals surface area contributed by atoms with Crippen molar-refractivity contribution in [2.75, 3.05) is 39.5 Å². The Balaban J connectivity index is 1.00. The van der Waals surface area contributed by atoms with E-state index in [4.69, 9.17) is 30.9 Å². The van der Waals surface area contributed by atoms with Gasteiger partial charge in [0.2, 0.25) is 15.9 Å². The first kappa shape index (κ1) is 38.5. The minimum absolute atomic E-state index is 0.0877. The average molecular weight is 762 g/mol. The van der Waals surface area contributed by atoms with Crippen LogP contribution < -0.4 is 10.1 Å². The molecule has 0 radical (unpaired) electrons. The zero-order chi connectivity index (χ0) is 37.0. The maximum absolute atomic E-state index is 13.5. The van der Waals surface area contributed by atoms with Crippen LogP contribution in [0.5, 0.6) is 5.75 Å². The minimum Gasteiger partial charge on any atom is -0.490 e. The first-order valence-corrected chi connectivity index (χ1v) is 19.0. The highest BCUT2D eigenvalue weighted by atomic mass is 35.5. The molecule has 6 rings (SSSR count). The predicted molar refractivity (Wildman–Crippen MR) is 188 cm³/mol. The maximum Gasteiger partial charge on any atom is 0.246 e. The second-order valence-corrected chi connectivity index (χ2v) is 15.9. The number of amides is 1. The monoisotopic (exact) mass is 761 g/mol. The van der Waals surface area contributed by atoms with Crippen LogP contribution in [0.15, 0.2) is 65.8 Å². The number of aromatic nitrogens is 1. The molecule has 3 fully saturated rings. The van der Waals surface area contributed by atoms with Gasteiger partial charge >= 0.3 is 0 Å². The number of halogens is 1. The molecule has 14 nitrogen and oxygen atoms in total. The summed E-state index contributed by atoms with van der Waals surface area (Å²) >= 11 is 6.54. The van der Waals surface area contributed by atoms with Gasteiger partial charge in [-0.2, -0.15) is 4.31 Å². The van der Waals surface area contributed by atoms with Crippen molar-refractivity contribution >= 4 is 27.5 Å². The molecule has 1 saturated heterocycles. The third kappa shape index (κ3) is 8.93. The van der Waals surface area contributed by atoms with Crippen LogP contribution in [-0.4, -0.2) is 119 Å². The van der Waals surface area contributed by atoms with Gasteiger partial charge in [0.15, 0.2) is 0 Å². The van der Waals surface area contributed by atoms with Crippen molar-refractivity contribution in [2.45, 2.75) is 73.3 Å². The molecule has 1 aliphatic heterocycles. The highest BCUT2D eigenvalue weighted by Crippen LogP contribution is 2.53. The zero-order valence-electron chi connectivity index (χ0n) is 28.4. The van der Waals surface area contributed by atoms with E-state index < -0.39 is 59.1 Å². The summed E-state index contributed by atoms with van der Waals surface area (Å²) in [6.45, 7) is -1.05. The number of rotatable bonds is 19. The number of ether oxygens (including phenoxy) is 3. The van der Waals surface area contributed by atoms with E-state index in [0.29, 0.717) is 10.6 Å². The fourth-order valence-corrected chi connectivity index (χ4v) is 7.85. The van der Waals surface area contributed by atoms with E-state index in [1.807, 2.05) is 36.5 Å². The lowest BCUT2D eigenvalue weighted by Gasteiger charge is -2.37. The molecule has 4 atom stereocenters. The average Bonchev–Trinajstić information content (AvgIpc) is 4.08. The Hall–Kier alpha value is -3.22. The van der Waals surface area contributed by atoms with Crippen LogP contribution in [0, 0.1) is 5.92 Å². The molecule has 6 N–H and O–H groups in total. The van der Waals surface area contributed by atoms with Crippen molar-refractivity contribution < 1.29 is 53.0 Å². The molecule has 2 aliphatic carbocycles. The summed E-state index contributed by atoms with van der Waals surface area (Å²) in [7, 11) is -3.85. The van der Waals surface area contributed by atoms with Gasteiger partial charge in [0.1, 0.15) is 30.7 Å². The van der Waals surface area contributed by atoms with Gasteiger partial charge in [-0.25, -0.2) is 8.42 Å². The number of para-hydroxylation sites is 1. The Morgan fingerprint density at radius 2 is 1.75 bits per heavy atom. The molecular formula is C36H44ClN3O11S. The molecule has 2 heterocycles. The van der Waals surface area contributed by atoms with Gasteiger partial charge in [-0.05, 0) is 67.1 Å². The van der Waals surface area contributed by atoms with Gasteiger partial charge in [0, 0.05) is 54.1 Å². The molecule has 52 heavy (non-hydrogen) atoms. The van der Waals surface area contributed by atoms with E-state index in [1.54, 1.807) is 18.3 Å². The molecule has 16 heteroatoms. The number of hydrogen-bond donors (Lipinski definition) is 6. The second-order valence-electron chi connectivity index (χ2n) is 13.6. The number of carbonyl (C=O) groups excluding carboxylic acids is 1. The Morgan fingerprint density at radius 1 is 1.02 bits per heavy atom. The van der Waals surface area contributed by atoms with Crippen molar-refractivity contribution in [3.05, 3.63) is 77.1 Å². The summed E-state index contributed by atoms with van der Waals surface area (Å²) in [5.41, 5.74) is 2.84. The molecule has 3 aromatic rings. The topological polar surface area (TPSA) is 208 Å². The first-order chi connectivity index (χ1) is 24.9. The fraction of sp³-hybridized carbons (Fsp3) is 0.500. The predicted octanol–water partition coefficient (Wildman–Crippen LogP) is 1.34. The highest BCUT2D eigenvalue weighted by molar-refractivity contribution is 7.89. The van der Waals surface area contributed by atoms with E-state index >= 15 is 0 Å². The molecule has 0 unspecified atom stereocenters. The summed E-state index contributed by atoms with van der Waals surface area (Å²) in [6.07, 6.45) is 0.602. The van der Waals surface area contributed by atoms with Gasteiger partial charge < -0.3 is 45.1 Å². The molecule has 2 aromatic carbocycles. The molecule has 3 aliphatic rings. The van der Waals surface area contributed by atoms with Crippen LogP contribution in [0.4, 0.5) is 0 Å². The minimum atomic E-state index is -3.85. The number of hydrogen-bond acceptors (Lipinski definition) is 12. The van der Waals surface area contributed by atoms with E-state index in [9.17, 15) is 33.6 Å². The third-order valence-electron chi connectivity index (χ3n) is 9.51. The van der Waals surface area contributed by atoms with E-state index in [0.717, 1.165) is 48.1 Å². The quantitative estimate of drug-likeness (QED) is 0.102. The standard InChI is InChI=1S/C36H44ClN3O11S/c37-29-8-7-25(52(47,48)40-16-22(17-40)19-49-21-33(44)39-15-30(42)34(45)35(46)31(43)18-41)13-23(29)20-50-36(10-11-36)28-14-38-12-9-26(28)27-3-1-2-4-32(27)51-24-5-6-24/h1-4,7-9,12-14,22,24,30-31,34-35,41-43,45-46H,5-6,10-11,15-21H2,(H,39,44)/t30-,31+,34+,35+/m0/s1. The highest BCUT2D eigenvalue weighted by Gasteiger charge is 2.48. The Bertz CT molecular complexity index is 1820. The Morgan fingerprint density at radius 3 is 2.46 bits per heavy atom. The van der Waals surface area contributed by atoms with Crippen LogP contribution >= 0.6 is 11.6 Å². The largest absolute Gasteiger partial charge is 0.490 e. The number of nitrogens with one attached hydrogen (secondary N) is 1. The first-order valence-electron chi connectivity index (χ1n) is 17.2. The molecular weight excluding hydrogens is 718 g/mol. The van der Waals surface area contributed by atoms with E-state index in [2.05, 4.69) is 10.3 Å². The van der Waals surface area contributed by atoms with Crippen LogP contribution in [0.25, 0.3) is 11.1 Å². The van der Waals surface area contributed by atoms with Crippen LogP contribution in [0.1, 0.15) is 36.8 Å². The van der Waals surface area contributed by atoms with Gasteiger partial charge in [-0.3, -0.25) is 9.78 Å². The van der Waals surface area contributed by atoms with Crippen LogP contribution in [-0.2, 0) is 36.5 Å². The van der Waals surface area contributed by atoms with Crippen molar-refractivity contribution in [1.82, 2.24) is 14.6 Å².